The number of rotatable bonds is 1. The number of hydrogen-bond acceptors (Lipinski definition) is 3. The Bertz CT molecular complexity index is 294. The van der Waals surface area contributed by atoms with E-state index >= 15 is 0 Å². The Kier molecular flexibility index (Phi) is 1.75. The van der Waals surface area contributed by atoms with Crippen LogP contribution in [0, 0.1) is 0 Å². The summed E-state index contributed by atoms with van der Waals surface area (Å²) in [5.41, 5.74) is 1.89. The molecule has 1 aromatic carbocycles. The first-order valence-corrected chi connectivity index (χ1v) is 3.88. The molecule has 1 heterocycles. The van der Waals surface area contributed by atoms with Crippen LogP contribution in [0.3, 0.4) is 0 Å². The highest BCUT2D eigenvalue weighted by Gasteiger charge is 2.14. The molecule has 12 heavy (non-hydrogen) atoms. The van der Waals surface area contributed by atoms with E-state index in [0.29, 0.717) is 6.61 Å². The fourth-order valence-corrected chi connectivity index (χ4v) is 1.21. The molecular weight excluding hydrogens is 156 g/mol. The van der Waals surface area contributed by atoms with Gasteiger partial charge in [0.15, 0.2) is 5.75 Å². The van der Waals surface area contributed by atoms with Gasteiger partial charge in [-0.2, -0.15) is 4.89 Å². The Morgan fingerprint density at radius 1 is 1.50 bits per heavy atom. The minimum absolute atomic E-state index is 0.434. The zero-order valence-electron chi connectivity index (χ0n) is 6.78. The standard InChI is InChI=1S/C9H10O3/c1-6(10)7-2-3-9-8(4-7)5-11-12-9/h2-4,6,10H,5H2,1H3. The van der Waals surface area contributed by atoms with Crippen molar-refractivity contribution in [1.82, 2.24) is 0 Å². The molecule has 0 aliphatic carbocycles. The van der Waals surface area contributed by atoms with Crippen LogP contribution in [0.2, 0.25) is 0 Å². The summed E-state index contributed by atoms with van der Waals surface area (Å²) in [6.07, 6.45) is -0.434. The Labute approximate surface area is 70.5 Å². The number of aliphatic hydroxyl groups is 1. The summed E-state index contributed by atoms with van der Waals surface area (Å²) >= 11 is 0. The smallest absolute Gasteiger partial charge is 0.171 e. The zero-order valence-corrected chi connectivity index (χ0v) is 6.78. The van der Waals surface area contributed by atoms with Gasteiger partial charge >= 0.3 is 0 Å². The van der Waals surface area contributed by atoms with Gasteiger partial charge < -0.3 is 9.99 Å². The van der Waals surface area contributed by atoms with Crippen LogP contribution in [0.25, 0.3) is 0 Å². The van der Waals surface area contributed by atoms with Gasteiger partial charge in [0, 0.05) is 5.56 Å². The first-order chi connectivity index (χ1) is 5.77. The van der Waals surface area contributed by atoms with E-state index in [1.165, 1.54) is 0 Å². The lowest BCUT2D eigenvalue weighted by Crippen LogP contribution is -1.91. The van der Waals surface area contributed by atoms with Crippen LogP contribution in [0.1, 0.15) is 24.2 Å². The molecule has 2 rings (SSSR count). The molecule has 0 fully saturated rings. The lowest BCUT2D eigenvalue weighted by atomic mass is 10.1. The first-order valence-electron chi connectivity index (χ1n) is 3.88. The van der Waals surface area contributed by atoms with Gasteiger partial charge in [-0.25, -0.2) is 0 Å². The molecule has 0 saturated heterocycles. The van der Waals surface area contributed by atoms with E-state index in [1.807, 2.05) is 18.2 Å². The van der Waals surface area contributed by atoms with Gasteiger partial charge in [0.1, 0.15) is 6.61 Å². The second-order valence-electron chi connectivity index (χ2n) is 2.89. The number of fused-ring (bicyclic) bond motifs is 1. The summed E-state index contributed by atoms with van der Waals surface area (Å²) < 4.78 is 0. The average Bonchev–Trinajstić information content (AvgIpc) is 2.49. The molecule has 0 spiro atoms. The summed E-state index contributed by atoms with van der Waals surface area (Å²) in [6.45, 7) is 2.20. The van der Waals surface area contributed by atoms with Crippen molar-refractivity contribution >= 4 is 0 Å². The van der Waals surface area contributed by atoms with Crippen molar-refractivity contribution < 1.29 is 14.9 Å². The monoisotopic (exact) mass is 166 g/mol. The SMILES string of the molecule is CC(O)c1ccc2c(c1)COO2. The van der Waals surface area contributed by atoms with E-state index in [0.717, 1.165) is 16.9 Å². The highest BCUT2D eigenvalue weighted by molar-refractivity contribution is 5.38. The minimum atomic E-state index is -0.434. The van der Waals surface area contributed by atoms with Gasteiger partial charge in [0.25, 0.3) is 0 Å². The molecule has 0 amide bonds. The van der Waals surface area contributed by atoms with Gasteiger partial charge in [0.2, 0.25) is 0 Å². The normalized spacial score (nSPS) is 16.8. The second kappa shape index (κ2) is 2.77. The van der Waals surface area contributed by atoms with Gasteiger partial charge in [-0.15, -0.1) is 0 Å². The molecule has 1 aliphatic heterocycles. The van der Waals surface area contributed by atoms with Gasteiger partial charge in [-0.05, 0) is 24.6 Å². The van der Waals surface area contributed by atoms with Crippen LogP contribution in [0.4, 0.5) is 0 Å². The molecule has 1 N–H and O–H groups in total. The highest BCUT2D eigenvalue weighted by Crippen LogP contribution is 2.28. The third-order valence-electron chi connectivity index (χ3n) is 1.93. The maximum absolute atomic E-state index is 9.27. The van der Waals surface area contributed by atoms with Crippen LogP contribution in [-0.2, 0) is 11.5 Å². The van der Waals surface area contributed by atoms with Gasteiger partial charge in [-0.3, -0.25) is 0 Å². The highest BCUT2D eigenvalue weighted by atomic mass is 17.2. The van der Waals surface area contributed by atoms with E-state index < -0.39 is 6.10 Å². The molecule has 0 radical (unpaired) electrons. The van der Waals surface area contributed by atoms with E-state index in [9.17, 15) is 5.11 Å². The molecule has 3 nitrogen and oxygen atoms in total. The molecule has 0 aromatic heterocycles. The van der Waals surface area contributed by atoms with Crippen LogP contribution < -0.4 is 4.89 Å². The summed E-state index contributed by atoms with van der Waals surface area (Å²) in [4.78, 5) is 9.62. The molecule has 1 aliphatic rings. The molecular formula is C9H10O3. The Morgan fingerprint density at radius 2 is 2.33 bits per heavy atom. The maximum atomic E-state index is 9.27. The van der Waals surface area contributed by atoms with Crippen LogP contribution in [-0.4, -0.2) is 5.11 Å². The van der Waals surface area contributed by atoms with Crippen LogP contribution >= 0.6 is 0 Å². The maximum Gasteiger partial charge on any atom is 0.171 e. The molecule has 1 aromatic rings. The largest absolute Gasteiger partial charge is 0.389 e. The number of benzene rings is 1. The molecule has 64 valence electrons. The molecule has 3 heteroatoms. The van der Waals surface area contributed by atoms with E-state index in [1.54, 1.807) is 6.92 Å². The number of aliphatic hydroxyl groups excluding tert-OH is 1. The minimum Gasteiger partial charge on any atom is -0.389 e. The van der Waals surface area contributed by atoms with Gasteiger partial charge in [-0.1, -0.05) is 6.07 Å². The summed E-state index contributed by atoms with van der Waals surface area (Å²) in [5.74, 6) is 0.749. The lowest BCUT2D eigenvalue weighted by molar-refractivity contribution is -0.194. The summed E-state index contributed by atoms with van der Waals surface area (Å²) in [5, 5.41) is 9.27. The fraction of sp³-hybridized carbons (Fsp3) is 0.333. The van der Waals surface area contributed by atoms with Crippen LogP contribution in [0.15, 0.2) is 18.2 Å². The first kappa shape index (κ1) is 7.58. The summed E-state index contributed by atoms with van der Waals surface area (Å²) in [7, 11) is 0. The van der Waals surface area contributed by atoms with Crippen LogP contribution in [0.5, 0.6) is 5.75 Å². The molecule has 0 bridgehead atoms. The van der Waals surface area contributed by atoms with Crippen molar-refractivity contribution in [2.45, 2.75) is 19.6 Å². The van der Waals surface area contributed by atoms with Gasteiger partial charge in [0.05, 0.1) is 6.10 Å². The van der Waals surface area contributed by atoms with Crippen molar-refractivity contribution in [3.8, 4) is 5.75 Å². The quantitative estimate of drug-likeness (QED) is 0.643. The molecule has 1 atom stereocenters. The Morgan fingerprint density at radius 3 is 3.08 bits per heavy atom. The van der Waals surface area contributed by atoms with E-state index in [4.69, 9.17) is 9.78 Å². The predicted octanol–water partition coefficient (Wildman–Crippen LogP) is 1.56. The average molecular weight is 166 g/mol. The van der Waals surface area contributed by atoms with E-state index in [2.05, 4.69) is 0 Å². The fourth-order valence-electron chi connectivity index (χ4n) is 1.21. The Balaban J connectivity index is 2.39. The van der Waals surface area contributed by atoms with Crippen molar-refractivity contribution in [3.63, 3.8) is 0 Å². The van der Waals surface area contributed by atoms with Crippen molar-refractivity contribution in [2.75, 3.05) is 0 Å². The zero-order chi connectivity index (χ0) is 8.55. The predicted molar refractivity (Wildman–Crippen MR) is 42.5 cm³/mol. The number of hydrogen-bond donors (Lipinski definition) is 1. The third kappa shape index (κ3) is 1.17. The lowest BCUT2D eigenvalue weighted by Gasteiger charge is -2.04. The van der Waals surface area contributed by atoms with E-state index in [-0.39, 0.29) is 0 Å². The second-order valence-corrected chi connectivity index (χ2v) is 2.89. The molecule has 1 unspecified atom stereocenters. The summed E-state index contributed by atoms with van der Waals surface area (Å²) in [6, 6.07) is 5.54. The van der Waals surface area contributed by atoms with Crippen molar-refractivity contribution in [2.24, 2.45) is 0 Å². The Hall–Kier alpha value is -1.06. The molecule has 0 saturated carbocycles. The van der Waals surface area contributed by atoms with Crippen molar-refractivity contribution in [3.05, 3.63) is 29.3 Å². The topological polar surface area (TPSA) is 38.7 Å². The third-order valence-corrected chi connectivity index (χ3v) is 1.93. The van der Waals surface area contributed by atoms with Crippen molar-refractivity contribution in [1.29, 1.82) is 0 Å².